The van der Waals surface area contributed by atoms with Crippen LogP contribution >= 0.6 is 11.3 Å². The van der Waals surface area contributed by atoms with Crippen LogP contribution in [-0.4, -0.2) is 62.3 Å². The topological polar surface area (TPSA) is 24.9 Å². The van der Waals surface area contributed by atoms with Crippen LogP contribution in [-0.2, 0) is 0 Å². The Kier molecular flexibility index (Phi) is 10.8. The molecule has 0 atom stereocenters. The maximum atomic E-state index is 6.15. The van der Waals surface area contributed by atoms with Gasteiger partial charge in [0, 0.05) is 33.3 Å². The smallest absolute Gasteiger partial charge is 0.120 e. The molecule has 5 heteroatoms. The molecule has 0 unspecified atom stereocenters. The van der Waals surface area contributed by atoms with Gasteiger partial charge in [-0.1, -0.05) is 27.7 Å². The van der Waals surface area contributed by atoms with Gasteiger partial charge >= 0.3 is 0 Å². The maximum absolute atomic E-state index is 6.15. The summed E-state index contributed by atoms with van der Waals surface area (Å²) in [4.78, 5) is 4.98. The highest BCUT2D eigenvalue weighted by Crippen LogP contribution is 2.37. The van der Waals surface area contributed by atoms with E-state index < -0.39 is 0 Å². The maximum Gasteiger partial charge on any atom is 0.120 e. The van der Waals surface area contributed by atoms with E-state index in [1.54, 1.807) is 0 Å². The summed E-state index contributed by atoms with van der Waals surface area (Å²) in [6.07, 6.45) is 4.75. The number of fused-ring (bicyclic) bond motifs is 3. The van der Waals surface area contributed by atoms with Crippen molar-refractivity contribution in [2.75, 3.05) is 52.5 Å². The predicted molar refractivity (Wildman–Crippen MR) is 144 cm³/mol. The highest BCUT2D eigenvalue weighted by Gasteiger charge is 2.10. The van der Waals surface area contributed by atoms with E-state index in [0.717, 1.165) is 64.0 Å². The number of benzene rings is 2. The Morgan fingerprint density at radius 1 is 0.576 bits per heavy atom. The van der Waals surface area contributed by atoms with Crippen molar-refractivity contribution in [3.05, 3.63) is 36.4 Å². The first kappa shape index (κ1) is 25.8. The van der Waals surface area contributed by atoms with Gasteiger partial charge in [-0.05, 0) is 88.3 Å². The fraction of sp³-hybridized carbons (Fsp3) is 0.571. The van der Waals surface area contributed by atoms with Crippen molar-refractivity contribution in [1.82, 2.24) is 9.80 Å². The van der Waals surface area contributed by atoms with Gasteiger partial charge in [0.2, 0.25) is 0 Å². The standard InChI is InChI=1S/C28H42N2O2S/c1-5-13-29(14-6-2)17-19-31-23-9-11-27-25(21-23)26-22-24(10-12-28(26)33-27)32-20-18-30(15-7-3)16-8-4/h9-12,21-22H,5-8,13-20H2,1-4H3. The number of hydrogen-bond acceptors (Lipinski definition) is 5. The first-order valence-corrected chi connectivity index (χ1v) is 13.7. The molecule has 0 amide bonds. The molecule has 33 heavy (non-hydrogen) atoms. The van der Waals surface area contributed by atoms with Crippen LogP contribution in [0.4, 0.5) is 0 Å². The van der Waals surface area contributed by atoms with Crippen LogP contribution in [0.3, 0.4) is 0 Å². The molecule has 0 N–H and O–H groups in total. The molecule has 0 fully saturated rings. The third-order valence-corrected chi connectivity index (χ3v) is 7.08. The Balaban J connectivity index is 1.65. The highest BCUT2D eigenvalue weighted by atomic mass is 32.1. The van der Waals surface area contributed by atoms with Crippen LogP contribution in [0.1, 0.15) is 53.4 Å². The van der Waals surface area contributed by atoms with Gasteiger partial charge in [0.1, 0.15) is 24.7 Å². The van der Waals surface area contributed by atoms with E-state index in [9.17, 15) is 0 Å². The van der Waals surface area contributed by atoms with Crippen molar-refractivity contribution in [1.29, 1.82) is 0 Å². The summed E-state index contributed by atoms with van der Waals surface area (Å²) in [6.45, 7) is 16.9. The lowest BCUT2D eigenvalue weighted by Crippen LogP contribution is -2.30. The van der Waals surface area contributed by atoms with Gasteiger partial charge in [0.25, 0.3) is 0 Å². The van der Waals surface area contributed by atoms with Crippen molar-refractivity contribution < 1.29 is 9.47 Å². The molecule has 1 heterocycles. The molecule has 4 nitrogen and oxygen atoms in total. The van der Waals surface area contributed by atoms with Crippen LogP contribution in [0.5, 0.6) is 11.5 Å². The summed E-state index contributed by atoms with van der Waals surface area (Å²) in [5, 5.41) is 2.52. The molecule has 0 saturated heterocycles. The number of hydrogen-bond donors (Lipinski definition) is 0. The molecule has 1 aromatic heterocycles. The Morgan fingerprint density at radius 3 is 1.33 bits per heavy atom. The third kappa shape index (κ3) is 7.59. The second-order valence-electron chi connectivity index (χ2n) is 8.80. The lowest BCUT2D eigenvalue weighted by Gasteiger charge is -2.21. The molecule has 3 rings (SSSR count). The van der Waals surface area contributed by atoms with Crippen molar-refractivity contribution in [3.8, 4) is 11.5 Å². The van der Waals surface area contributed by atoms with Crippen LogP contribution in [0.2, 0.25) is 0 Å². The lowest BCUT2D eigenvalue weighted by molar-refractivity contribution is 0.209. The zero-order chi connectivity index (χ0) is 23.5. The van der Waals surface area contributed by atoms with E-state index in [1.165, 1.54) is 45.9 Å². The lowest BCUT2D eigenvalue weighted by atomic mass is 10.1. The molecule has 0 saturated carbocycles. The minimum atomic E-state index is 0.730. The van der Waals surface area contributed by atoms with Gasteiger partial charge in [0.05, 0.1) is 0 Å². The quantitative estimate of drug-likeness (QED) is 0.224. The second-order valence-corrected chi connectivity index (χ2v) is 9.88. The van der Waals surface area contributed by atoms with E-state index in [4.69, 9.17) is 9.47 Å². The molecule has 3 aromatic rings. The Bertz CT molecular complexity index is 883. The van der Waals surface area contributed by atoms with E-state index in [2.05, 4.69) is 73.9 Å². The number of nitrogens with zero attached hydrogens (tertiary/aromatic N) is 2. The van der Waals surface area contributed by atoms with Crippen LogP contribution in [0, 0.1) is 0 Å². The first-order valence-electron chi connectivity index (χ1n) is 12.8. The molecule has 0 aliphatic rings. The van der Waals surface area contributed by atoms with Crippen LogP contribution < -0.4 is 9.47 Å². The van der Waals surface area contributed by atoms with E-state index >= 15 is 0 Å². The average molecular weight is 471 g/mol. The minimum Gasteiger partial charge on any atom is -0.492 e. The molecule has 0 radical (unpaired) electrons. The predicted octanol–water partition coefficient (Wildman–Crippen LogP) is 7.06. The van der Waals surface area contributed by atoms with Crippen LogP contribution in [0.25, 0.3) is 20.2 Å². The zero-order valence-electron chi connectivity index (χ0n) is 21.1. The third-order valence-electron chi connectivity index (χ3n) is 5.92. The Hall–Kier alpha value is -1.82. The molecule has 0 aliphatic carbocycles. The summed E-state index contributed by atoms with van der Waals surface area (Å²) in [7, 11) is 0. The van der Waals surface area contributed by atoms with Crippen molar-refractivity contribution in [2.24, 2.45) is 0 Å². The van der Waals surface area contributed by atoms with Gasteiger partial charge in [-0.3, -0.25) is 9.80 Å². The van der Waals surface area contributed by atoms with Crippen molar-refractivity contribution in [2.45, 2.75) is 53.4 Å². The molecule has 0 aliphatic heterocycles. The fourth-order valence-electron chi connectivity index (χ4n) is 4.44. The van der Waals surface area contributed by atoms with Gasteiger partial charge in [0.15, 0.2) is 0 Å². The highest BCUT2D eigenvalue weighted by molar-refractivity contribution is 7.25. The van der Waals surface area contributed by atoms with E-state index in [1.807, 2.05) is 11.3 Å². The molecular formula is C28H42N2O2S. The molecule has 2 aromatic carbocycles. The number of thiophene rings is 1. The largest absolute Gasteiger partial charge is 0.492 e. The summed E-state index contributed by atoms with van der Waals surface area (Å²) < 4.78 is 14.9. The summed E-state index contributed by atoms with van der Waals surface area (Å²) >= 11 is 1.84. The van der Waals surface area contributed by atoms with Gasteiger partial charge in [-0.15, -0.1) is 11.3 Å². The van der Waals surface area contributed by atoms with Crippen LogP contribution in [0.15, 0.2) is 36.4 Å². The van der Waals surface area contributed by atoms with Gasteiger partial charge < -0.3 is 9.47 Å². The van der Waals surface area contributed by atoms with E-state index in [-0.39, 0.29) is 0 Å². The minimum absolute atomic E-state index is 0.730. The van der Waals surface area contributed by atoms with Gasteiger partial charge in [-0.25, -0.2) is 0 Å². The molecule has 0 spiro atoms. The summed E-state index contributed by atoms with van der Waals surface area (Å²) in [5.41, 5.74) is 0. The number of ether oxygens (including phenoxy) is 2. The fourth-order valence-corrected chi connectivity index (χ4v) is 5.50. The number of rotatable bonds is 16. The average Bonchev–Trinajstić information content (AvgIpc) is 3.17. The van der Waals surface area contributed by atoms with Gasteiger partial charge in [-0.2, -0.15) is 0 Å². The zero-order valence-corrected chi connectivity index (χ0v) is 21.9. The normalized spacial score (nSPS) is 11.8. The Labute approximate surface area is 204 Å². The SMILES string of the molecule is CCCN(CCC)CCOc1ccc2sc3ccc(OCCN(CCC)CCC)cc3c2c1. The molecular weight excluding hydrogens is 428 g/mol. The van der Waals surface area contributed by atoms with Crippen molar-refractivity contribution >= 4 is 31.5 Å². The van der Waals surface area contributed by atoms with E-state index in [0.29, 0.717) is 0 Å². The van der Waals surface area contributed by atoms with Crippen molar-refractivity contribution in [3.63, 3.8) is 0 Å². The summed E-state index contributed by atoms with van der Waals surface area (Å²) in [6, 6.07) is 13.0. The Morgan fingerprint density at radius 2 is 0.970 bits per heavy atom. The second kappa shape index (κ2) is 13.8. The summed E-state index contributed by atoms with van der Waals surface area (Å²) in [5.74, 6) is 1.91. The first-order chi connectivity index (χ1) is 16.2. The molecule has 0 bridgehead atoms. The monoisotopic (exact) mass is 470 g/mol. The molecule has 182 valence electrons.